The zero-order valence-corrected chi connectivity index (χ0v) is 17.0. The monoisotopic (exact) mass is 382 g/mol. The Hall–Kier alpha value is -3.07. The molecule has 2 aliphatic rings. The van der Waals surface area contributed by atoms with Gasteiger partial charge in [0, 0.05) is 18.4 Å². The first-order chi connectivity index (χ1) is 13.1. The fourth-order valence-electron chi connectivity index (χ4n) is 3.41. The summed E-state index contributed by atoms with van der Waals surface area (Å²) in [6.45, 7) is 7.11. The summed E-state index contributed by atoms with van der Waals surface area (Å²) in [5, 5.41) is 9.55. The molecule has 3 rings (SSSR count). The van der Waals surface area contributed by atoms with E-state index in [1.54, 1.807) is 7.11 Å². The van der Waals surface area contributed by atoms with Crippen LogP contribution < -0.4 is 10.5 Å². The van der Waals surface area contributed by atoms with Crippen LogP contribution in [-0.2, 0) is 14.3 Å². The molecule has 28 heavy (non-hydrogen) atoms. The van der Waals surface area contributed by atoms with E-state index >= 15 is 0 Å². The molecule has 6 heteroatoms. The van der Waals surface area contributed by atoms with Gasteiger partial charge in [0.1, 0.15) is 28.9 Å². The Bertz CT molecular complexity index is 882. The summed E-state index contributed by atoms with van der Waals surface area (Å²) in [6, 6.07) is 9.46. The summed E-state index contributed by atoms with van der Waals surface area (Å²) >= 11 is 0. The number of ketones is 2. The Balaban J connectivity index is 0.000000640. The van der Waals surface area contributed by atoms with Crippen LogP contribution in [0.25, 0.3) is 0 Å². The van der Waals surface area contributed by atoms with Crippen LogP contribution in [0.15, 0.2) is 47.1 Å². The fraction of sp³-hybridized carbons (Fsp3) is 0.409. The molecule has 0 aromatic heterocycles. The van der Waals surface area contributed by atoms with Gasteiger partial charge < -0.3 is 20.0 Å². The van der Waals surface area contributed by atoms with Gasteiger partial charge in [-0.3, -0.25) is 4.79 Å². The van der Waals surface area contributed by atoms with Crippen molar-refractivity contribution in [2.24, 2.45) is 11.1 Å². The minimum Gasteiger partial charge on any atom is -0.497 e. The van der Waals surface area contributed by atoms with E-state index < -0.39 is 5.92 Å². The average Bonchev–Trinajstić information content (AvgIpc) is 2.59. The summed E-state index contributed by atoms with van der Waals surface area (Å²) in [6.07, 6.45) is 1.06. The third-order valence-corrected chi connectivity index (χ3v) is 4.52. The van der Waals surface area contributed by atoms with Crippen molar-refractivity contribution in [3.8, 4) is 11.8 Å². The lowest BCUT2D eigenvalue weighted by atomic mass is 9.70. The molecule has 1 aliphatic heterocycles. The average molecular weight is 382 g/mol. The summed E-state index contributed by atoms with van der Waals surface area (Å²) in [4.78, 5) is 22.2. The topological polar surface area (TPSA) is 102 Å². The van der Waals surface area contributed by atoms with E-state index in [0.717, 1.165) is 5.56 Å². The normalized spacial score (nSPS) is 20.3. The van der Waals surface area contributed by atoms with Gasteiger partial charge in [-0.25, -0.2) is 0 Å². The molecule has 0 unspecified atom stereocenters. The lowest BCUT2D eigenvalue weighted by molar-refractivity contribution is -0.119. The molecule has 1 heterocycles. The van der Waals surface area contributed by atoms with Crippen LogP contribution in [-0.4, -0.2) is 18.7 Å². The first-order valence-electron chi connectivity index (χ1n) is 9.04. The second-order valence-electron chi connectivity index (χ2n) is 7.88. The van der Waals surface area contributed by atoms with Crippen molar-refractivity contribution in [3.05, 3.63) is 52.6 Å². The molecule has 148 valence electrons. The third kappa shape index (κ3) is 4.61. The molecule has 0 amide bonds. The minimum absolute atomic E-state index is 0.0160. The number of carbonyl (C=O) groups excluding carboxylic acids is 2. The number of rotatable bonds is 2. The van der Waals surface area contributed by atoms with Crippen molar-refractivity contribution in [1.82, 2.24) is 0 Å². The second kappa shape index (κ2) is 8.30. The standard InChI is InChI=1S/C19H20N2O3.C3H6O/c1-19(2)8-14(22)17-15(9-19)24-18(21)13(10-20)16(17)11-4-6-12(23-3)7-5-11;1-3(2)4/h4-7,16H,8-9,21H2,1-3H3;1-2H3/t16-;/m1./s1. The Morgan fingerprint density at radius 1 is 1.25 bits per heavy atom. The number of nitrogens with zero attached hydrogens (tertiary/aromatic N) is 1. The van der Waals surface area contributed by atoms with E-state index in [0.29, 0.717) is 29.9 Å². The number of hydrogen-bond donors (Lipinski definition) is 1. The lowest BCUT2D eigenvalue weighted by Crippen LogP contribution is -2.33. The van der Waals surface area contributed by atoms with Gasteiger partial charge in [-0.15, -0.1) is 0 Å². The van der Waals surface area contributed by atoms with Crippen LogP contribution in [0.2, 0.25) is 0 Å². The molecule has 0 radical (unpaired) electrons. The number of allylic oxidation sites excluding steroid dienone is 3. The van der Waals surface area contributed by atoms with E-state index in [4.69, 9.17) is 15.2 Å². The molecular formula is C22H26N2O4. The molecule has 0 spiro atoms. The number of benzene rings is 1. The predicted octanol–water partition coefficient (Wildman–Crippen LogP) is 3.74. The Labute approximate surface area is 165 Å². The summed E-state index contributed by atoms with van der Waals surface area (Å²) < 4.78 is 10.8. The highest BCUT2D eigenvalue weighted by Gasteiger charge is 2.42. The molecule has 0 saturated carbocycles. The van der Waals surface area contributed by atoms with E-state index in [9.17, 15) is 14.9 Å². The van der Waals surface area contributed by atoms with Crippen LogP contribution in [0.4, 0.5) is 0 Å². The van der Waals surface area contributed by atoms with Crippen molar-refractivity contribution < 1.29 is 19.1 Å². The third-order valence-electron chi connectivity index (χ3n) is 4.52. The molecular weight excluding hydrogens is 356 g/mol. The predicted molar refractivity (Wildman–Crippen MR) is 105 cm³/mol. The summed E-state index contributed by atoms with van der Waals surface area (Å²) in [5.74, 6) is 1.10. The molecule has 1 atom stereocenters. The van der Waals surface area contributed by atoms with E-state index in [2.05, 4.69) is 6.07 Å². The van der Waals surface area contributed by atoms with Gasteiger partial charge in [0.2, 0.25) is 5.88 Å². The minimum atomic E-state index is -0.478. The Morgan fingerprint density at radius 2 is 1.82 bits per heavy atom. The first kappa shape index (κ1) is 21.2. The van der Waals surface area contributed by atoms with Crippen molar-refractivity contribution in [2.75, 3.05) is 7.11 Å². The van der Waals surface area contributed by atoms with Gasteiger partial charge in [0.05, 0.1) is 13.0 Å². The number of methoxy groups -OCH3 is 1. The smallest absolute Gasteiger partial charge is 0.205 e. The SMILES string of the molecule is CC(C)=O.COc1ccc([C@@H]2C(C#N)=C(N)OC3=C2C(=O)CC(C)(C)C3)cc1. The van der Waals surface area contributed by atoms with Crippen LogP contribution in [0, 0.1) is 16.7 Å². The van der Waals surface area contributed by atoms with Crippen molar-refractivity contribution in [2.45, 2.75) is 46.5 Å². The largest absolute Gasteiger partial charge is 0.497 e. The molecule has 0 bridgehead atoms. The van der Waals surface area contributed by atoms with Crippen molar-refractivity contribution in [3.63, 3.8) is 0 Å². The van der Waals surface area contributed by atoms with Crippen LogP contribution in [0.5, 0.6) is 5.75 Å². The summed E-state index contributed by atoms with van der Waals surface area (Å²) in [7, 11) is 1.59. The van der Waals surface area contributed by atoms with E-state index in [1.165, 1.54) is 13.8 Å². The van der Waals surface area contributed by atoms with Crippen LogP contribution >= 0.6 is 0 Å². The van der Waals surface area contributed by atoms with Gasteiger partial charge in [0.15, 0.2) is 5.78 Å². The number of carbonyl (C=O) groups is 2. The van der Waals surface area contributed by atoms with Crippen molar-refractivity contribution in [1.29, 1.82) is 5.26 Å². The van der Waals surface area contributed by atoms with Gasteiger partial charge in [0.25, 0.3) is 0 Å². The zero-order valence-electron chi connectivity index (χ0n) is 17.0. The quantitative estimate of drug-likeness (QED) is 0.836. The molecule has 0 saturated heterocycles. The molecule has 6 nitrogen and oxygen atoms in total. The van der Waals surface area contributed by atoms with Gasteiger partial charge in [-0.1, -0.05) is 26.0 Å². The fourth-order valence-corrected chi connectivity index (χ4v) is 3.41. The molecule has 0 fully saturated rings. The van der Waals surface area contributed by atoms with E-state index in [1.807, 2.05) is 38.1 Å². The Morgan fingerprint density at radius 3 is 2.32 bits per heavy atom. The zero-order chi connectivity index (χ0) is 21.1. The number of Topliss-reactive ketones (excluding diaryl/α,β-unsaturated/α-hetero) is 2. The highest BCUT2D eigenvalue weighted by molar-refractivity contribution is 6.00. The molecule has 1 aromatic carbocycles. The summed E-state index contributed by atoms with van der Waals surface area (Å²) in [5.41, 5.74) is 7.48. The molecule has 2 N–H and O–H groups in total. The van der Waals surface area contributed by atoms with Gasteiger partial charge >= 0.3 is 0 Å². The maximum absolute atomic E-state index is 12.8. The van der Waals surface area contributed by atoms with Crippen LogP contribution in [0.3, 0.4) is 0 Å². The first-order valence-corrected chi connectivity index (χ1v) is 9.04. The highest BCUT2D eigenvalue weighted by atomic mass is 16.5. The number of nitrogens with two attached hydrogens (primary N) is 1. The van der Waals surface area contributed by atoms with E-state index in [-0.39, 0.29) is 28.4 Å². The van der Waals surface area contributed by atoms with Crippen LogP contribution in [0.1, 0.15) is 52.0 Å². The van der Waals surface area contributed by atoms with Gasteiger partial charge in [-0.05, 0) is 37.0 Å². The highest BCUT2D eigenvalue weighted by Crippen LogP contribution is 2.47. The number of ether oxygens (including phenoxy) is 2. The molecule has 1 aliphatic carbocycles. The van der Waals surface area contributed by atoms with Gasteiger partial charge in [-0.2, -0.15) is 5.26 Å². The number of hydrogen-bond acceptors (Lipinski definition) is 6. The molecule has 1 aromatic rings. The Kier molecular flexibility index (Phi) is 6.30. The second-order valence-corrected chi connectivity index (χ2v) is 7.88. The maximum Gasteiger partial charge on any atom is 0.205 e. The maximum atomic E-state index is 12.8. The van der Waals surface area contributed by atoms with Crippen molar-refractivity contribution >= 4 is 11.6 Å². The lowest BCUT2D eigenvalue weighted by Gasteiger charge is -2.37. The number of nitriles is 1.